The first-order valence-corrected chi connectivity index (χ1v) is 11.4. The van der Waals surface area contributed by atoms with Crippen LogP contribution in [0.1, 0.15) is 103 Å². The van der Waals surface area contributed by atoms with Gasteiger partial charge in [-0.05, 0) is 76.3 Å². The minimum absolute atomic E-state index is 0. The molecule has 2 N–H and O–H groups in total. The molecule has 0 amide bonds. The van der Waals surface area contributed by atoms with Crippen LogP contribution >= 0.6 is 24.8 Å². The Labute approximate surface area is 175 Å². The fourth-order valence-corrected chi connectivity index (χ4v) is 5.27. The zero-order chi connectivity index (χ0) is 16.5. The average molecular weight is 408 g/mol. The van der Waals surface area contributed by atoms with Crippen LogP contribution in [0.15, 0.2) is 0 Å². The maximum atomic E-state index is 3.92. The molecule has 0 aromatic heterocycles. The Morgan fingerprint density at radius 1 is 0.423 bits per heavy atom. The summed E-state index contributed by atoms with van der Waals surface area (Å²) < 4.78 is 0. The summed E-state index contributed by atoms with van der Waals surface area (Å²) in [6.07, 6.45) is 23.3. The van der Waals surface area contributed by atoms with E-state index < -0.39 is 0 Å². The van der Waals surface area contributed by atoms with Crippen LogP contribution in [0.3, 0.4) is 0 Å². The van der Waals surface area contributed by atoms with Gasteiger partial charge >= 0.3 is 0 Å². The third-order valence-electron chi connectivity index (χ3n) is 7.07. The van der Waals surface area contributed by atoms with E-state index in [0.29, 0.717) is 0 Å². The molecule has 26 heavy (non-hydrogen) atoms. The monoisotopic (exact) mass is 406 g/mol. The summed E-state index contributed by atoms with van der Waals surface area (Å²) in [6, 6.07) is 1.67. The van der Waals surface area contributed by atoms with Crippen molar-refractivity contribution in [3.8, 4) is 0 Å². The molecule has 3 aliphatic rings. The Kier molecular flexibility index (Phi) is 13.7. The minimum Gasteiger partial charge on any atom is -0.314 e. The van der Waals surface area contributed by atoms with Crippen molar-refractivity contribution in [2.45, 2.75) is 115 Å². The number of rotatable bonds is 6. The Morgan fingerprint density at radius 2 is 0.731 bits per heavy atom. The summed E-state index contributed by atoms with van der Waals surface area (Å²) in [6.45, 7) is 2.60. The van der Waals surface area contributed by atoms with Gasteiger partial charge in [-0.2, -0.15) is 0 Å². The molecule has 0 saturated heterocycles. The third kappa shape index (κ3) is 9.13. The van der Waals surface area contributed by atoms with Gasteiger partial charge in [-0.3, -0.25) is 0 Å². The highest BCUT2D eigenvalue weighted by Crippen LogP contribution is 2.29. The molecule has 0 heterocycles. The molecule has 0 spiro atoms. The molecule has 4 heteroatoms. The van der Waals surface area contributed by atoms with Crippen molar-refractivity contribution in [1.29, 1.82) is 0 Å². The maximum absolute atomic E-state index is 3.92. The Hall–Kier alpha value is 0.500. The van der Waals surface area contributed by atoms with Crippen molar-refractivity contribution in [1.82, 2.24) is 10.6 Å². The molecule has 3 fully saturated rings. The van der Waals surface area contributed by atoms with Crippen molar-refractivity contribution in [2.75, 3.05) is 13.1 Å². The van der Waals surface area contributed by atoms with E-state index in [1.165, 1.54) is 116 Å². The first-order valence-electron chi connectivity index (χ1n) is 11.4. The van der Waals surface area contributed by atoms with Gasteiger partial charge in [0.2, 0.25) is 0 Å². The Balaban J connectivity index is 0.00000169. The summed E-state index contributed by atoms with van der Waals surface area (Å²) >= 11 is 0. The Bertz CT molecular complexity index is 284. The maximum Gasteiger partial charge on any atom is 0.00671 e. The lowest BCUT2D eigenvalue weighted by Gasteiger charge is -2.31. The second-order valence-electron chi connectivity index (χ2n) is 9.08. The molecule has 156 valence electrons. The third-order valence-corrected chi connectivity index (χ3v) is 7.07. The fraction of sp³-hybridized carbons (Fsp3) is 1.00. The van der Waals surface area contributed by atoms with E-state index in [2.05, 4.69) is 10.6 Å². The molecule has 0 radical (unpaired) electrons. The zero-order valence-corrected chi connectivity index (χ0v) is 18.5. The molecule has 3 saturated carbocycles. The average Bonchev–Trinajstić information content (AvgIpc) is 3.04. The lowest BCUT2D eigenvalue weighted by Crippen LogP contribution is -2.37. The first kappa shape index (κ1) is 24.5. The number of hydrogen-bond donors (Lipinski definition) is 2. The second kappa shape index (κ2) is 14.5. The summed E-state index contributed by atoms with van der Waals surface area (Å²) in [5, 5.41) is 7.84. The van der Waals surface area contributed by atoms with Gasteiger partial charge in [-0.1, -0.05) is 51.4 Å². The molecular weight excluding hydrogens is 363 g/mol. The predicted molar refractivity (Wildman–Crippen MR) is 119 cm³/mol. The first-order chi connectivity index (χ1) is 11.9. The highest BCUT2D eigenvalue weighted by Gasteiger charge is 2.23. The zero-order valence-electron chi connectivity index (χ0n) is 16.9. The molecule has 0 aromatic rings. The van der Waals surface area contributed by atoms with Gasteiger partial charge in [0.25, 0.3) is 0 Å². The van der Waals surface area contributed by atoms with Crippen LogP contribution in [0, 0.1) is 11.8 Å². The topological polar surface area (TPSA) is 24.1 Å². The van der Waals surface area contributed by atoms with Crippen LogP contribution in [-0.4, -0.2) is 25.2 Å². The molecular formula is C22H44Cl2N2. The van der Waals surface area contributed by atoms with E-state index in [9.17, 15) is 0 Å². The van der Waals surface area contributed by atoms with E-state index >= 15 is 0 Å². The smallest absolute Gasteiger partial charge is 0.00671 e. The predicted octanol–water partition coefficient (Wildman–Crippen LogP) is 6.26. The minimum atomic E-state index is 0. The summed E-state index contributed by atoms with van der Waals surface area (Å²) in [5.74, 6) is 1.92. The Morgan fingerprint density at radius 3 is 1.04 bits per heavy atom. The standard InChI is InChI=1S/C22H42N2.2ClH/c1-2-6-10-21(9-5-1)23-17-19-13-15-20(16-14-19)18-24-22-11-7-3-4-8-12-22;;/h19-24H,1-18H2;2*1H. The van der Waals surface area contributed by atoms with Crippen LogP contribution in [-0.2, 0) is 0 Å². The van der Waals surface area contributed by atoms with Crippen molar-refractivity contribution in [3.05, 3.63) is 0 Å². The van der Waals surface area contributed by atoms with E-state index in [1.807, 2.05) is 0 Å². The van der Waals surface area contributed by atoms with E-state index in [1.54, 1.807) is 0 Å². The molecule has 0 bridgehead atoms. The molecule has 3 rings (SSSR count). The van der Waals surface area contributed by atoms with Crippen LogP contribution in [0.5, 0.6) is 0 Å². The quantitative estimate of drug-likeness (QED) is 0.508. The molecule has 2 nitrogen and oxygen atoms in total. The van der Waals surface area contributed by atoms with Crippen molar-refractivity contribution in [3.63, 3.8) is 0 Å². The normalized spacial score (nSPS) is 29.1. The summed E-state index contributed by atoms with van der Waals surface area (Å²) in [7, 11) is 0. The number of nitrogens with one attached hydrogen (secondary N) is 2. The summed E-state index contributed by atoms with van der Waals surface area (Å²) in [4.78, 5) is 0. The van der Waals surface area contributed by atoms with E-state index in [4.69, 9.17) is 0 Å². The molecule has 0 aromatic carbocycles. The lowest BCUT2D eigenvalue weighted by molar-refractivity contribution is 0.245. The van der Waals surface area contributed by atoms with Crippen LogP contribution in [0.2, 0.25) is 0 Å². The van der Waals surface area contributed by atoms with Gasteiger partial charge in [0.1, 0.15) is 0 Å². The molecule has 3 aliphatic carbocycles. The summed E-state index contributed by atoms with van der Waals surface area (Å²) in [5.41, 5.74) is 0. The lowest BCUT2D eigenvalue weighted by atomic mass is 9.81. The van der Waals surface area contributed by atoms with Gasteiger partial charge in [-0.25, -0.2) is 0 Å². The van der Waals surface area contributed by atoms with Crippen molar-refractivity contribution in [2.24, 2.45) is 11.8 Å². The number of hydrogen-bond acceptors (Lipinski definition) is 2. The highest BCUT2D eigenvalue weighted by molar-refractivity contribution is 5.85. The fourth-order valence-electron chi connectivity index (χ4n) is 5.27. The molecule has 0 aliphatic heterocycles. The van der Waals surface area contributed by atoms with Gasteiger partial charge in [0.05, 0.1) is 0 Å². The van der Waals surface area contributed by atoms with Crippen molar-refractivity contribution < 1.29 is 0 Å². The second-order valence-corrected chi connectivity index (χ2v) is 9.08. The largest absolute Gasteiger partial charge is 0.314 e. The van der Waals surface area contributed by atoms with Crippen LogP contribution in [0.4, 0.5) is 0 Å². The number of halogens is 2. The van der Waals surface area contributed by atoms with Gasteiger partial charge in [0, 0.05) is 12.1 Å². The van der Waals surface area contributed by atoms with Gasteiger partial charge in [-0.15, -0.1) is 24.8 Å². The SMILES string of the molecule is C1CCCC(NCC2CCC(CNC3CCCCCC3)CC2)CC1.Cl.Cl. The van der Waals surface area contributed by atoms with Crippen LogP contribution in [0.25, 0.3) is 0 Å². The van der Waals surface area contributed by atoms with Gasteiger partial charge in [0.15, 0.2) is 0 Å². The van der Waals surface area contributed by atoms with E-state index in [-0.39, 0.29) is 24.8 Å². The van der Waals surface area contributed by atoms with E-state index in [0.717, 1.165) is 23.9 Å². The molecule has 0 atom stereocenters. The van der Waals surface area contributed by atoms with Crippen LogP contribution < -0.4 is 10.6 Å². The molecule has 0 unspecified atom stereocenters. The van der Waals surface area contributed by atoms with Crippen molar-refractivity contribution >= 4 is 24.8 Å². The van der Waals surface area contributed by atoms with Gasteiger partial charge < -0.3 is 10.6 Å². The highest BCUT2D eigenvalue weighted by atomic mass is 35.5.